The highest BCUT2D eigenvalue weighted by Crippen LogP contribution is 2.39. The molecule has 1 aromatic carbocycles. The van der Waals surface area contributed by atoms with Gasteiger partial charge in [-0.15, -0.1) is 0 Å². The molecule has 0 atom stereocenters. The number of hydrogen-bond donors (Lipinski definition) is 1. The van der Waals surface area contributed by atoms with E-state index in [2.05, 4.69) is 24.1 Å². The lowest BCUT2D eigenvalue weighted by Gasteiger charge is -2.19. The number of benzene rings is 1. The van der Waals surface area contributed by atoms with Gasteiger partial charge in [0.15, 0.2) is 11.5 Å². The van der Waals surface area contributed by atoms with E-state index in [-0.39, 0.29) is 0 Å². The molecule has 0 aromatic heterocycles. The summed E-state index contributed by atoms with van der Waals surface area (Å²) in [6.07, 6.45) is 1.05. The summed E-state index contributed by atoms with van der Waals surface area (Å²) in [6.45, 7) is 16.0. The predicted molar refractivity (Wildman–Crippen MR) is 112 cm³/mol. The van der Waals surface area contributed by atoms with Crippen molar-refractivity contribution >= 4 is 17.2 Å². The molecule has 1 rings (SSSR count). The molecule has 0 saturated carbocycles. The maximum absolute atomic E-state index is 5.75. The number of thiocarbonyl (C=S) groups is 1. The molecule has 1 N–H and O–H groups in total. The molecule has 0 heterocycles. The highest BCUT2D eigenvalue weighted by atomic mass is 32.1. The lowest BCUT2D eigenvalue weighted by molar-refractivity contribution is 0.260. The molecule has 148 valence electrons. The molecule has 0 fully saturated rings. The number of nitrogens with one attached hydrogen (secondary N) is 1. The smallest absolute Gasteiger partial charge is 0.203 e. The second-order valence-corrected chi connectivity index (χ2v) is 6.15. The first-order valence-corrected chi connectivity index (χ1v) is 10.1. The van der Waals surface area contributed by atoms with Gasteiger partial charge < -0.3 is 24.4 Å². The van der Waals surface area contributed by atoms with Crippen LogP contribution in [0.3, 0.4) is 0 Å². The summed E-state index contributed by atoms with van der Waals surface area (Å²) in [5.74, 6) is 1.98. The fourth-order valence-corrected chi connectivity index (χ4v) is 2.89. The van der Waals surface area contributed by atoms with E-state index < -0.39 is 0 Å². The van der Waals surface area contributed by atoms with Gasteiger partial charge >= 0.3 is 0 Å². The van der Waals surface area contributed by atoms with Crippen molar-refractivity contribution in [3.05, 3.63) is 17.7 Å². The maximum Gasteiger partial charge on any atom is 0.203 e. The van der Waals surface area contributed by atoms with Crippen molar-refractivity contribution in [1.29, 1.82) is 0 Å². The Hall–Kier alpha value is -1.53. The van der Waals surface area contributed by atoms with Gasteiger partial charge in [0.1, 0.15) is 4.99 Å². The van der Waals surface area contributed by atoms with Crippen LogP contribution in [0, 0.1) is 0 Å². The largest absolute Gasteiger partial charge is 0.490 e. The van der Waals surface area contributed by atoms with E-state index in [9.17, 15) is 0 Å². The molecule has 0 unspecified atom stereocenters. The summed E-state index contributed by atoms with van der Waals surface area (Å²) in [7, 11) is 0. The van der Waals surface area contributed by atoms with Gasteiger partial charge in [0.2, 0.25) is 5.75 Å². The van der Waals surface area contributed by atoms with Crippen LogP contribution in [0.4, 0.5) is 0 Å². The van der Waals surface area contributed by atoms with Crippen LogP contribution < -0.4 is 19.5 Å². The Balaban J connectivity index is 2.84. The zero-order chi connectivity index (χ0) is 19.4. The van der Waals surface area contributed by atoms with Crippen LogP contribution in [0.25, 0.3) is 0 Å². The van der Waals surface area contributed by atoms with Crippen LogP contribution in [0.2, 0.25) is 0 Å². The monoisotopic (exact) mass is 382 g/mol. The van der Waals surface area contributed by atoms with Crippen LogP contribution in [0.1, 0.15) is 46.6 Å². The highest BCUT2D eigenvalue weighted by molar-refractivity contribution is 7.80. The molecule has 5 nitrogen and oxygen atoms in total. The lowest BCUT2D eigenvalue weighted by atomic mass is 10.1. The Bertz CT molecular complexity index is 521. The summed E-state index contributed by atoms with van der Waals surface area (Å²) in [5, 5.41) is 3.35. The number of nitrogens with zero attached hydrogens (tertiary/aromatic N) is 1. The first-order valence-electron chi connectivity index (χ1n) is 9.67. The zero-order valence-corrected chi connectivity index (χ0v) is 17.7. The molecule has 1 aromatic rings. The minimum absolute atomic E-state index is 0.549. The predicted octanol–water partition coefficient (Wildman–Crippen LogP) is 3.88. The minimum Gasteiger partial charge on any atom is -0.490 e. The Kier molecular flexibility index (Phi) is 11.1. The molecule has 26 heavy (non-hydrogen) atoms. The van der Waals surface area contributed by atoms with Crippen molar-refractivity contribution in [2.75, 3.05) is 46.0 Å². The molecule has 0 bridgehead atoms. The normalized spacial score (nSPS) is 10.7. The second kappa shape index (κ2) is 12.8. The summed E-state index contributed by atoms with van der Waals surface area (Å²) in [5.41, 5.74) is 0.887. The molecule has 0 amide bonds. The number of hydrogen-bond acceptors (Lipinski definition) is 5. The molecular formula is C20H34N2O3S. The quantitative estimate of drug-likeness (QED) is 0.413. The van der Waals surface area contributed by atoms with Gasteiger partial charge in [0, 0.05) is 12.1 Å². The Morgan fingerprint density at radius 2 is 1.46 bits per heavy atom. The molecule has 6 heteroatoms. The molecule has 0 aliphatic rings. The van der Waals surface area contributed by atoms with Gasteiger partial charge in [0.25, 0.3) is 0 Å². The zero-order valence-electron chi connectivity index (χ0n) is 16.9. The third-order valence-electron chi connectivity index (χ3n) is 4.00. The van der Waals surface area contributed by atoms with E-state index in [1.54, 1.807) is 0 Å². The average molecular weight is 383 g/mol. The van der Waals surface area contributed by atoms with Gasteiger partial charge in [-0.05, 0) is 59.0 Å². The SMILES string of the molecule is CCOc1cc(C(=S)NCCCN(CC)CC)cc(OCC)c1OCC. The third-order valence-corrected chi connectivity index (χ3v) is 4.38. The van der Waals surface area contributed by atoms with Gasteiger partial charge in [-0.25, -0.2) is 0 Å². The maximum atomic E-state index is 5.75. The molecule has 0 saturated heterocycles. The van der Waals surface area contributed by atoms with Gasteiger partial charge in [-0.3, -0.25) is 0 Å². The number of ether oxygens (including phenoxy) is 3. The van der Waals surface area contributed by atoms with E-state index in [0.29, 0.717) is 42.1 Å². The summed E-state index contributed by atoms with van der Waals surface area (Å²) in [6, 6.07) is 3.85. The standard InChI is InChI=1S/C20H34N2O3S/c1-6-22(7-2)13-11-12-21-20(26)16-14-17(23-8-3)19(25-10-5)18(15-16)24-9-4/h14-15H,6-13H2,1-5H3,(H,21,26). The first-order chi connectivity index (χ1) is 12.6. The fourth-order valence-electron chi connectivity index (χ4n) is 2.67. The van der Waals surface area contributed by atoms with Crippen LogP contribution in [0.5, 0.6) is 17.2 Å². The van der Waals surface area contributed by atoms with Gasteiger partial charge in [-0.1, -0.05) is 26.1 Å². The molecule has 0 spiro atoms. The minimum atomic E-state index is 0.549. The fraction of sp³-hybridized carbons (Fsp3) is 0.650. The van der Waals surface area contributed by atoms with Crippen LogP contribution in [0.15, 0.2) is 12.1 Å². The summed E-state index contributed by atoms with van der Waals surface area (Å²) < 4.78 is 17.2. The molecular weight excluding hydrogens is 348 g/mol. The number of rotatable bonds is 13. The van der Waals surface area contributed by atoms with Gasteiger partial charge in [-0.2, -0.15) is 0 Å². The Morgan fingerprint density at radius 3 is 1.92 bits per heavy atom. The molecule has 0 aliphatic carbocycles. The summed E-state index contributed by atoms with van der Waals surface area (Å²) >= 11 is 5.58. The van der Waals surface area contributed by atoms with Crippen molar-refractivity contribution in [3.63, 3.8) is 0 Å². The van der Waals surface area contributed by atoms with E-state index in [0.717, 1.165) is 38.2 Å². The average Bonchev–Trinajstić information content (AvgIpc) is 2.64. The van der Waals surface area contributed by atoms with Crippen molar-refractivity contribution < 1.29 is 14.2 Å². The van der Waals surface area contributed by atoms with Gasteiger partial charge in [0.05, 0.1) is 19.8 Å². The highest BCUT2D eigenvalue weighted by Gasteiger charge is 2.16. The first kappa shape index (κ1) is 22.5. The van der Waals surface area contributed by atoms with Crippen LogP contribution in [-0.2, 0) is 0 Å². The topological polar surface area (TPSA) is 43.0 Å². The van der Waals surface area contributed by atoms with Crippen molar-refractivity contribution in [2.45, 2.75) is 41.0 Å². The van der Waals surface area contributed by atoms with E-state index in [1.165, 1.54) is 0 Å². The molecule has 0 radical (unpaired) electrons. The van der Waals surface area contributed by atoms with Crippen molar-refractivity contribution in [2.24, 2.45) is 0 Å². The van der Waals surface area contributed by atoms with E-state index >= 15 is 0 Å². The second-order valence-electron chi connectivity index (χ2n) is 5.74. The molecule has 0 aliphatic heterocycles. The Morgan fingerprint density at radius 1 is 0.923 bits per heavy atom. The lowest BCUT2D eigenvalue weighted by Crippen LogP contribution is -2.29. The van der Waals surface area contributed by atoms with E-state index in [1.807, 2.05) is 32.9 Å². The van der Waals surface area contributed by atoms with Crippen molar-refractivity contribution in [3.8, 4) is 17.2 Å². The van der Waals surface area contributed by atoms with Crippen LogP contribution in [-0.4, -0.2) is 55.9 Å². The van der Waals surface area contributed by atoms with Crippen LogP contribution >= 0.6 is 12.2 Å². The van der Waals surface area contributed by atoms with Crippen molar-refractivity contribution in [1.82, 2.24) is 10.2 Å². The summed E-state index contributed by atoms with van der Waals surface area (Å²) in [4.78, 5) is 3.11. The third kappa shape index (κ3) is 7.00. The Labute approximate surface area is 164 Å². The van der Waals surface area contributed by atoms with E-state index in [4.69, 9.17) is 26.4 Å².